The molecule has 0 fully saturated rings. The highest BCUT2D eigenvalue weighted by Gasteiger charge is 2.24. The highest BCUT2D eigenvalue weighted by atomic mass is 32.1. The minimum absolute atomic E-state index is 0.234. The van der Waals surface area contributed by atoms with Gasteiger partial charge in [0.1, 0.15) is 6.04 Å². The van der Waals surface area contributed by atoms with Gasteiger partial charge in [0, 0.05) is 16.5 Å². The topological polar surface area (TPSA) is 71.1 Å². The molecule has 5 nitrogen and oxygen atoms in total. The number of amides is 2. The largest absolute Gasteiger partial charge is 0.340 e. The van der Waals surface area contributed by atoms with Crippen molar-refractivity contribution >= 4 is 28.3 Å². The summed E-state index contributed by atoms with van der Waals surface area (Å²) in [5.74, 6) is -0.277. The van der Waals surface area contributed by atoms with Crippen molar-refractivity contribution in [3.05, 3.63) is 95.4 Å². The Labute approximate surface area is 210 Å². The second-order valence-electron chi connectivity index (χ2n) is 8.94. The summed E-state index contributed by atoms with van der Waals surface area (Å²) in [6.07, 6.45) is 0.530. The fourth-order valence-electron chi connectivity index (χ4n) is 3.89. The van der Waals surface area contributed by atoms with Gasteiger partial charge in [-0.25, -0.2) is 4.98 Å². The molecule has 1 aromatic heterocycles. The normalized spacial score (nSPS) is 11.8. The molecule has 2 N–H and O–H groups in total. The van der Waals surface area contributed by atoms with Crippen LogP contribution in [0.25, 0.3) is 22.4 Å². The number of carbonyl (C=O) groups excluding carboxylic acids is 2. The number of carbonyl (C=O) groups is 2. The second kappa shape index (κ2) is 11.1. The zero-order valence-electron chi connectivity index (χ0n) is 20.1. The van der Waals surface area contributed by atoms with Crippen LogP contribution in [-0.4, -0.2) is 22.8 Å². The molecule has 3 aromatic carbocycles. The van der Waals surface area contributed by atoms with Crippen molar-refractivity contribution in [2.24, 2.45) is 5.92 Å². The van der Waals surface area contributed by atoms with E-state index in [1.807, 2.05) is 74.7 Å². The molecule has 6 heteroatoms. The predicted molar refractivity (Wildman–Crippen MR) is 144 cm³/mol. The molecule has 1 heterocycles. The molecule has 0 aliphatic heterocycles. The monoisotopic (exact) mass is 483 g/mol. The first-order valence-electron chi connectivity index (χ1n) is 11.7. The Hall–Kier alpha value is -3.77. The summed E-state index contributed by atoms with van der Waals surface area (Å²) >= 11 is 1.37. The lowest BCUT2D eigenvalue weighted by Crippen LogP contribution is -2.44. The van der Waals surface area contributed by atoms with Crippen molar-refractivity contribution in [2.45, 2.75) is 33.2 Å². The molecule has 0 saturated carbocycles. The van der Waals surface area contributed by atoms with Crippen LogP contribution in [0.3, 0.4) is 0 Å². The molecular formula is C29H29N3O2S. The number of benzene rings is 3. The van der Waals surface area contributed by atoms with Gasteiger partial charge < -0.3 is 10.6 Å². The maximum absolute atomic E-state index is 13.1. The first-order valence-corrected chi connectivity index (χ1v) is 12.6. The smallest absolute Gasteiger partial charge is 0.252 e. The molecule has 4 rings (SSSR count). The summed E-state index contributed by atoms with van der Waals surface area (Å²) in [7, 11) is 0. The van der Waals surface area contributed by atoms with Crippen molar-refractivity contribution in [3.63, 3.8) is 0 Å². The van der Waals surface area contributed by atoms with Crippen LogP contribution in [0.1, 0.15) is 36.2 Å². The highest BCUT2D eigenvalue weighted by Crippen LogP contribution is 2.28. The molecule has 0 spiro atoms. The average Bonchev–Trinajstić information content (AvgIpc) is 3.32. The lowest BCUT2D eigenvalue weighted by molar-refractivity contribution is -0.118. The van der Waals surface area contributed by atoms with E-state index in [9.17, 15) is 9.59 Å². The van der Waals surface area contributed by atoms with E-state index in [0.29, 0.717) is 17.1 Å². The predicted octanol–water partition coefficient (Wildman–Crippen LogP) is 6.57. The van der Waals surface area contributed by atoms with E-state index in [-0.39, 0.29) is 17.7 Å². The van der Waals surface area contributed by atoms with Crippen LogP contribution in [0.15, 0.2) is 84.2 Å². The van der Waals surface area contributed by atoms with Crippen LogP contribution in [-0.2, 0) is 4.79 Å². The van der Waals surface area contributed by atoms with Gasteiger partial charge in [-0.05, 0) is 42.0 Å². The van der Waals surface area contributed by atoms with Crippen molar-refractivity contribution in [1.82, 2.24) is 10.3 Å². The van der Waals surface area contributed by atoms with Crippen molar-refractivity contribution in [3.8, 4) is 22.4 Å². The molecule has 0 bridgehead atoms. The van der Waals surface area contributed by atoms with Gasteiger partial charge in [-0.3, -0.25) is 9.59 Å². The minimum Gasteiger partial charge on any atom is -0.340 e. The Morgan fingerprint density at radius 3 is 2.17 bits per heavy atom. The maximum atomic E-state index is 13.1. The molecule has 4 aromatic rings. The number of rotatable bonds is 8. The standard InChI is InChI=1S/C29H29N3O2S/c1-19(2)17-25(30-27(33)24-12-8-7-9-20(24)3)28(34)32-29-31-26(18-35-29)23-15-13-22(14-16-23)21-10-5-4-6-11-21/h4-16,18-19,25H,17H2,1-3H3,(H,30,33)(H,31,32,34)/t25-/m0/s1. The van der Waals surface area contributed by atoms with Crippen LogP contribution in [0.5, 0.6) is 0 Å². The van der Waals surface area contributed by atoms with Crippen LogP contribution < -0.4 is 10.6 Å². The molecule has 0 unspecified atom stereocenters. The Kier molecular flexibility index (Phi) is 7.73. The fourth-order valence-corrected chi connectivity index (χ4v) is 4.61. The van der Waals surface area contributed by atoms with Crippen molar-refractivity contribution < 1.29 is 9.59 Å². The van der Waals surface area contributed by atoms with Gasteiger partial charge in [-0.2, -0.15) is 0 Å². The third-order valence-electron chi connectivity index (χ3n) is 5.74. The number of hydrogen-bond acceptors (Lipinski definition) is 4. The van der Waals surface area contributed by atoms with Gasteiger partial charge in [0.2, 0.25) is 5.91 Å². The number of nitrogens with one attached hydrogen (secondary N) is 2. The Morgan fingerprint density at radius 1 is 0.857 bits per heavy atom. The minimum atomic E-state index is -0.653. The molecule has 0 saturated heterocycles. The fraction of sp³-hybridized carbons (Fsp3) is 0.207. The van der Waals surface area contributed by atoms with Crippen LogP contribution in [0.2, 0.25) is 0 Å². The van der Waals surface area contributed by atoms with E-state index >= 15 is 0 Å². The van der Waals surface area contributed by atoms with Crippen LogP contribution in [0, 0.1) is 12.8 Å². The van der Waals surface area contributed by atoms with Gasteiger partial charge in [0.15, 0.2) is 5.13 Å². The lowest BCUT2D eigenvalue weighted by atomic mass is 10.0. The average molecular weight is 484 g/mol. The molecule has 1 atom stereocenters. The van der Waals surface area contributed by atoms with E-state index in [4.69, 9.17) is 0 Å². The first-order chi connectivity index (χ1) is 16.9. The van der Waals surface area contributed by atoms with Crippen LogP contribution >= 0.6 is 11.3 Å². The van der Waals surface area contributed by atoms with Gasteiger partial charge in [0.05, 0.1) is 5.69 Å². The van der Waals surface area contributed by atoms with Gasteiger partial charge in [-0.15, -0.1) is 11.3 Å². The summed E-state index contributed by atoms with van der Waals surface area (Å²) in [4.78, 5) is 30.5. The molecular weight excluding hydrogens is 454 g/mol. The zero-order valence-corrected chi connectivity index (χ0v) is 20.9. The van der Waals surface area contributed by atoms with E-state index in [0.717, 1.165) is 27.9 Å². The molecule has 0 radical (unpaired) electrons. The summed E-state index contributed by atoms with van der Waals surface area (Å²) in [5, 5.41) is 8.25. The van der Waals surface area contributed by atoms with Gasteiger partial charge >= 0.3 is 0 Å². The zero-order chi connectivity index (χ0) is 24.8. The Morgan fingerprint density at radius 2 is 1.49 bits per heavy atom. The molecule has 0 aliphatic carbocycles. The van der Waals surface area contributed by atoms with E-state index in [1.165, 1.54) is 11.3 Å². The van der Waals surface area contributed by atoms with Gasteiger partial charge in [-0.1, -0.05) is 86.6 Å². The Bertz CT molecular complexity index is 1300. The number of aromatic nitrogens is 1. The summed E-state index contributed by atoms with van der Waals surface area (Å²) in [6.45, 7) is 5.94. The summed E-state index contributed by atoms with van der Waals surface area (Å²) < 4.78 is 0. The lowest BCUT2D eigenvalue weighted by Gasteiger charge is -2.20. The van der Waals surface area contributed by atoms with Crippen molar-refractivity contribution in [2.75, 3.05) is 5.32 Å². The van der Waals surface area contributed by atoms with Gasteiger partial charge in [0.25, 0.3) is 5.91 Å². The molecule has 178 valence electrons. The first kappa shape index (κ1) is 24.4. The third-order valence-corrected chi connectivity index (χ3v) is 6.50. The molecule has 0 aliphatic rings. The number of hydrogen-bond donors (Lipinski definition) is 2. The maximum Gasteiger partial charge on any atom is 0.252 e. The number of anilines is 1. The van der Waals surface area contributed by atoms with E-state index < -0.39 is 6.04 Å². The quantitative estimate of drug-likeness (QED) is 0.298. The third kappa shape index (κ3) is 6.22. The second-order valence-corrected chi connectivity index (χ2v) is 9.80. The number of aryl methyl sites for hydroxylation is 1. The van der Waals surface area contributed by atoms with Crippen LogP contribution in [0.4, 0.5) is 5.13 Å². The van der Waals surface area contributed by atoms with E-state index in [1.54, 1.807) is 6.07 Å². The summed E-state index contributed by atoms with van der Waals surface area (Å²) in [6, 6.07) is 25.1. The van der Waals surface area contributed by atoms with Crippen molar-refractivity contribution in [1.29, 1.82) is 0 Å². The molecule has 35 heavy (non-hydrogen) atoms. The highest BCUT2D eigenvalue weighted by molar-refractivity contribution is 7.14. The SMILES string of the molecule is Cc1ccccc1C(=O)N[C@@H](CC(C)C)C(=O)Nc1nc(-c2ccc(-c3ccccc3)cc2)cs1. The number of nitrogens with zero attached hydrogens (tertiary/aromatic N) is 1. The number of thiazole rings is 1. The molecule has 2 amide bonds. The van der Waals surface area contributed by atoms with E-state index in [2.05, 4.69) is 39.9 Å². The Balaban J connectivity index is 1.45. The summed E-state index contributed by atoms with van der Waals surface area (Å²) in [5.41, 5.74) is 5.52.